The molecule has 23 heavy (non-hydrogen) atoms. The van der Waals surface area contributed by atoms with Crippen molar-refractivity contribution in [1.82, 2.24) is 19.9 Å². The first-order valence-corrected chi connectivity index (χ1v) is 7.94. The van der Waals surface area contributed by atoms with Gasteiger partial charge in [0.25, 0.3) is 0 Å². The van der Waals surface area contributed by atoms with E-state index in [2.05, 4.69) is 25.3 Å². The lowest BCUT2D eigenvalue weighted by Crippen LogP contribution is -2.16. The highest BCUT2D eigenvalue weighted by molar-refractivity contribution is 8.14. The van der Waals surface area contributed by atoms with Gasteiger partial charge in [0, 0.05) is 6.04 Å². The summed E-state index contributed by atoms with van der Waals surface area (Å²) in [6.07, 6.45) is 1.39. The average Bonchev–Trinajstić information content (AvgIpc) is 2.88. The van der Waals surface area contributed by atoms with Crippen LogP contribution in [0.25, 0.3) is 11.0 Å². The summed E-state index contributed by atoms with van der Waals surface area (Å²) >= 11 is 1.19. The lowest BCUT2D eigenvalue weighted by atomic mass is 10.2. The van der Waals surface area contributed by atoms with Gasteiger partial charge in [-0.2, -0.15) is 0 Å². The van der Waals surface area contributed by atoms with E-state index in [0.29, 0.717) is 16.5 Å². The van der Waals surface area contributed by atoms with Crippen LogP contribution in [0.3, 0.4) is 0 Å². The molecule has 0 saturated heterocycles. The van der Waals surface area contributed by atoms with Crippen molar-refractivity contribution < 1.29 is 0 Å². The quantitative estimate of drug-likeness (QED) is 0.332. The van der Waals surface area contributed by atoms with Crippen LogP contribution in [-0.4, -0.2) is 31.0 Å². The van der Waals surface area contributed by atoms with Crippen molar-refractivity contribution in [3.8, 4) is 0 Å². The number of hydrogen-bond acceptors (Lipinski definition) is 7. The molecule has 3 aromatic rings. The van der Waals surface area contributed by atoms with E-state index >= 15 is 0 Å². The number of H-pyrrole nitrogens is 1. The second-order valence-electron chi connectivity index (χ2n) is 5.27. The molecule has 0 atom stereocenters. The molecule has 0 spiro atoms. The highest BCUT2D eigenvalue weighted by Crippen LogP contribution is 2.28. The summed E-state index contributed by atoms with van der Waals surface area (Å²) in [6, 6.07) is 7.91. The molecule has 7 nitrogen and oxygen atoms in total. The Morgan fingerprint density at radius 3 is 2.83 bits per heavy atom. The van der Waals surface area contributed by atoms with Crippen LogP contribution in [0, 0.1) is 5.41 Å². The van der Waals surface area contributed by atoms with E-state index in [0.717, 1.165) is 11.0 Å². The predicted molar refractivity (Wildman–Crippen MR) is 94.0 cm³/mol. The van der Waals surface area contributed by atoms with Gasteiger partial charge < -0.3 is 16.0 Å². The topological polar surface area (TPSA) is 116 Å². The lowest BCUT2D eigenvalue weighted by molar-refractivity contribution is 0.886. The number of nitrogens with one attached hydrogen (secondary N) is 3. The van der Waals surface area contributed by atoms with Crippen molar-refractivity contribution in [3.05, 3.63) is 36.2 Å². The number of anilines is 2. The summed E-state index contributed by atoms with van der Waals surface area (Å²) in [5, 5.41) is 12.4. The fraction of sp³-hybridized carbons (Fsp3) is 0.200. The molecule has 118 valence electrons. The Bertz CT molecular complexity index is 823. The van der Waals surface area contributed by atoms with Crippen LogP contribution in [0.15, 0.2) is 35.7 Å². The summed E-state index contributed by atoms with van der Waals surface area (Å²) in [5.41, 5.74) is 8.24. The second kappa shape index (κ2) is 6.25. The number of aromatic nitrogens is 4. The number of hydrogen-bond donors (Lipinski definition) is 4. The summed E-state index contributed by atoms with van der Waals surface area (Å²) in [4.78, 5) is 15.8. The van der Waals surface area contributed by atoms with E-state index in [9.17, 15) is 0 Å². The molecule has 0 radical (unpaired) electrons. The molecule has 8 heteroatoms. The van der Waals surface area contributed by atoms with Crippen molar-refractivity contribution in [2.45, 2.75) is 25.0 Å². The lowest BCUT2D eigenvalue weighted by Gasteiger charge is -2.14. The van der Waals surface area contributed by atoms with Crippen LogP contribution in [0.5, 0.6) is 0 Å². The van der Waals surface area contributed by atoms with Gasteiger partial charge >= 0.3 is 0 Å². The standard InChI is InChI=1S/C15H17N7S/c1-8(2)20-14-11(12(16)18-7-19-14)13(17)23-15-21-9-5-3-4-6-10(9)22-15/h3-8,17H,1-2H3,(H,21,22)(H3,16,18,19,20). The number of aromatic amines is 1. The van der Waals surface area contributed by atoms with E-state index in [-0.39, 0.29) is 16.9 Å². The Kier molecular flexibility index (Phi) is 4.16. The molecule has 2 heterocycles. The van der Waals surface area contributed by atoms with Gasteiger partial charge in [-0.25, -0.2) is 15.0 Å². The number of nitrogen functional groups attached to an aromatic ring is 1. The van der Waals surface area contributed by atoms with Crippen molar-refractivity contribution in [2.75, 3.05) is 11.1 Å². The van der Waals surface area contributed by atoms with Crippen molar-refractivity contribution in [2.24, 2.45) is 0 Å². The molecule has 0 unspecified atom stereocenters. The maximum Gasteiger partial charge on any atom is 0.172 e. The van der Waals surface area contributed by atoms with E-state index in [1.54, 1.807) is 0 Å². The smallest absolute Gasteiger partial charge is 0.172 e. The molecule has 0 aliphatic heterocycles. The Balaban J connectivity index is 1.91. The fourth-order valence-electron chi connectivity index (χ4n) is 2.13. The minimum absolute atomic E-state index is 0.173. The van der Waals surface area contributed by atoms with Gasteiger partial charge in [0.05, 0.1) is 16.6 Å². The number of rotatable bonds is 4. The Hall–Kier alpha value is -2.61. The fourth-order valence-corrected chi connectivity index (χ4v) is 2.93. The molecular weight excluding hydrogens is 310 g/mol. The minimum Gasteiger partial charge on any atom is -0.383 e. The molecule has 0 aliphatic rings. The number of nitrogens with zero attached hydrogens (tertiary/aromatic N) is 3. The van der Waals surface area contributed by atoms with E-state index in [1.807, 2.05) is 38.1 Å². The molecule has 2 aromatic heterocycles. The maximum atomic E-state index is 8.37. The van der Waals surface area contributed by atoms with Crippen molar-refractivity contribution in [3.63, 3.8) is 0 Å². The Morgan fingerprint density at radius 2 is 2.09 bits per heavy atom. The third-order valence-electron chi connectivity index (χ3n) is 3.10. The average molecular weight is 327 g/mol. The Morgan fingerprint density at radius 1 is 1.30 bits per heavy atom. The van der Waals surface area contributed by atoms with Gasteiger partial charge in [-0.3, -0.25) is 5.41 Å². The van der Waals surface area contributed by atoms with Gasteiger partial charge in [-0.05, 0) is 37.7 Å². The summed E-state index contributed by atoms with van der Waals surface area (Å²) in [6.45, 7) is 4.00. The van der Waals surface area contributed by atoms with Gasteiger partial charge in [-0.1, -0.05) is 12.1 Å². The molecule has 0 bridgehead atoms. The third-order valence-corrected chi connectivity index (χ3v) is 3.89. The van der Waals surface area contributed by atoms with Gasteiger partial charge in [0.1, 0.15) is 23.0 Å². The van der Waals surface area contributed by atoms with E-state index in [1.165, 1.54) is 18.1 Å². The highest BCUT2D eigenvalue weighted by atomic mass is 32.2. The molecule has 0 fully saturated rings. The zero-order valence-electron chi connectivity index (χ0n) is 12.8. The van der Waals surface area contributed by atoms with E-state index < -0.39 is 0 Å². The normalized spacial score (nSPS) is 11.1. The molecule has 1 aromatic carbocycles. The van der Waals surface area contributed by atoms with Crippen LogP contribution in [0.4, 0.5) is 11.6 Å². The van der Waals surface area contributed by atoms with Gasteiger partial charge in [0.2, 0.25) is 0 Å². The molecule has 0 amide bonds. The number of nitrogens with two attached hydrogens (primary N) is 1. The number of thioether (sulfide) groups is 1. The van der Waals surface area contributed by atoms with Crippen molar-refractivity contribution in [1.29, 1.82) is 5.41 Å². The van der Waals surface area contributed by atoms with Crippen LogP contribution < -0.4 is 11.1 Å². The predicted octanol–water partition coefficient (Wildman–Crippen LogP) is 2.87. The first kappa shape index (κ1) is 15.3. The highest BCUT2D eigenvalue weighted by Gasteiger charge is 2.17. The monoisotopic (exact) mass is 327 g/mol. The molecule has 0 saturated carbocycles. The largest absolute Gasteiger partial charge is 0.383 e. The number of para-hydroxylation sites is 2. The van der Waals surface area contributed by atoms with Crippen LogP contribution >= 0.6 is 11.8 Å². The zero-order valence-corrected chi connectivity index (χ0v) is 13.6. The summed E-state index contributed by atoms with van der Waals surface area (Å²) < 4.78 is 0. The van der Waals surface area contributed by atoms with Crippen molar-refractivity contribution >= 4 is 39.5 Å². The van der Waals surface area contributed by atoms with Crippen LogP contribution in [-0.2, 0) is 0 Å². The minimum atomic E-state index is 0.173. The first-order chi connectivity index (χ1) is 11.0. The molecule has 0 aliphatic carbocycles. The molecule has 5 N–H and O–H groups in total. The summed E-state index contributed by atoms with van der Waals surface area (Å²) in [5.74, 6) is 0.831. The number of benzene rings is 1. The molecular formula is C15H17N7S. The van der Waals surface area contributed by atoms with E-state index in [4.69, 9.17) is 11.1 Å². The Labute approximate surface area is 137 Å². The van der Waals surface area contributed by atoms with Crippen LogP contribution in [0.1, 0.15) is 19.4 Å². The number of fused-ring (bicyclic) bond motifs is 1. The second-order valence-corrected chi connectivity index (χ2v) is 6.27. The van der Waals surface area contributed by atoms with Gasteiger partial charge in [0.15, 0.2) is 5.16 Å². The first-order valence-electron chi connectivity index (χ1n) is 7.13. The zero-order chi connectivity index (χ0) is 16.4. The maximum absolute atomic E-state index is 8.37. The van der Waals surface area contributed by atoms with Gasteiger partial charge in [-0.15, -0.1) is 0 Å². The van der Waals surface area contributed by atoms with Crippen LogP contribution in [0.2, 0.25) is 0 Å². The number of imidazole rings is 1. The molecule has 3 rings (SSSR count). The summed E-state index contributed by atoms with van der Waals surface area (Å²) in [7, 11) is 0. The third kappa shape index (κ3) is 3.26. The SMILES string of the molecule is CC(C)Nc1ncnc(N)c1C(=N)Sc1nc2ccccc2[nH]1.